The summed E-state index contributed by atoms with van der Waals surface area (Å²) in [6, 6.07) is 12.0. The number of ether oxygens (including phenoxy) is 2. The highest BCUT2D eigenvalue weighted by molar-refractivity contribution is 5.80. The van der Waals surface area contributed by atoms with E-state index >= 15 is 0 Å². The Morgan fingerprint density at radius 3 is 2.61 bits per heavy atom. The van der Waals surface area contributed by atoms with Crippen LogP contribution in [0.1, 0.15) is 12.5 Å². The van der Waals surface area contributed by atoms with Gasteiger partial charge in [0.05, 0.1) is 13.7 Å². The Balaban J connectivity index is 1.56. The van der Waals surface area contributed by atoms with Crippen LogP contribution in [0, 0.1) is 0 Å². The van der Waals surface area contributed by atoms with Crippen LogP contribution < -0.4 is 19.7 Å². The molecular weight excluding hydrogens is 354 g/mol. The van der Waals surface area contributed by atoms with Gasteiger partial charge in [-0.1, -0.05) is 12.1 Å². The maximum absolute atomic E-state index is 5.67. The molecule has 0 radical (unpaired) electrons. The highest BCUT2D eigenvalue weighted by Crippen LogP contribution is 2.28. The van der Waals surface area contributed by atoms with Gasteiger partial charge in [-0.2, -0.15) is 0 Å². The predicted molar refractivity (Wildman–Crippen MR) is 112 cm³/mol. The summed E-state index contributed by atoms with van der Waals surface area (Å²) < 4.78 is 11.0. The maximum Gasteiger partial charge on any atom is 0.194 e. The molecule has 1 aromatic heterocycles. The number of nitrogens with one attached hydrogen (secondary N) is 1. The summed E-state index contributed by atoms with van der Waals surface area (Å²) in [5.74, 6) is 3.46. The van der Waals surface area contributed by atoms with Crippen molar-refractivity contribution in [2.45, 2.75) is 13.5 Å². The number of benzene rings is 1. The van der Waals surface area contributed by atoms with Crippen LogP contribution in [0.2, 0.25) is 0 Å². The molecule has 0 bridgehead atoms. The lowest BCUT2D eigenvalue weighted by Crippen LogP contribution is -2.52. The number of hydrogen-bond donors (Lipinski definition) is 1. The van der Waals surface area contributed by atoms with Crippen molar-refractivity contribution in [1.29, 1.82) is 0 Å². The molecule has 7 heteroatoms. The van der Waals surface area contributed by atoms with Gasteiger partial charge in [0.1, 0.15) is 5.82 Å². The van der Waals surface area contributed by atoms with Gasteiger partial charge in [0.15, 0.2) is 17.5 Å². The first-order valence-electron chi connectivity index (χ1n) is 9.66. The van der Waals surface area contributed by atoms with Crippen molar-refractivity contribution in [3.05, 3.63) is 48.2 Å². The van der Waals surface area contributed by atoms with Crippen molar-refractivity contribution < 1.29 is 9.47 Å². The van der Waals surface area contributed by atoms with Gasteiger partial charge in [0.25, 0.3) is 0 Å². The quantitative estimate of drug-likeness (QED) is 0.610. The standard InChI is InChI=1S/C21H29N5O2/c1-4-28-19-15-17(8-9-18(19)27-3)16-24-21(22-2)26-13-11-25(12-14-26)20-7-5-6-10-23-20/h5-10,15H,4,11-14,16H2,1-3H3,(H,22,24). The molecule has 28 heavy (non-hydrogen) atoms. The molecule has 1 saturated heterocycles. The number of piperazine rings is 1. The van der Waals surface area contributed by atoms with E-state index in [9.17, 15) is 0 Å². The minimum absolute atomic E-state index is 0.607. The molecule has 1 fully saturated rings. The van der Waals surface area contributed by atoms with E-state index in [1.54, 1.807) is 7.11 Å². The zero-order valence-corrected chi connectivity index (χ0v) is 16.9. The van der Waals surface area contributed by atoms with E-state index in [4.69, 9.17) is 9.47 Å². The van der Waals surface area contributed by atoms with Gasteiger partial charge in [-0.3, -0.25) is 4.99 Å². The summed E-state index contributed by atoms with van der Waals surface area (Å²) in [5, 5.41) is 3.46. The fraction of sp³-hybridized carbons (Fsp3) is 0.429. The first-order chi connectivity index (χ1) is 13.7. The molecule has 7 nitrogen and oxygen atoms in total. The second-order valence-corrected chi connectivity index (χ2v) is 6.48. The smallest absolute Gasteiger partial charge is 0.194 e. The summed E-state index contributed by atoms with van der Waals surface area (Å²) in [6.45, 7) is 6.92. The summed E-state index contributed by atoms with van der Waals surface area (Å²) in [4.78, 5) is 13.5. The number of anilines is 1. The van der Waals surface area contributed by atoms with Crippen LogP contribution in [0.3, 0.4) is 0 Å². The Morgan fingerprint density at radius 2 is 1.96 bits per heavy atom. The second-order valence-electron chi connectivity index (χ2n) is 6.48. The minimum atomic E-state index is 0.607. The van der Waals surface area contributed by atoms with E-state index in [-0.39, 0.29) is 0 Å². The van der Waals surface area contributed by atoms with E-state index in [0.29, 0.717) is 13.2 Å². The molecule has 2 aromatic rings. The zero-order valence-electron chi connectivity index (χ0n) is 16.9. The fourth-order valence-corrected chi connectivity index (χ4v) is 3.30. The Kier molecular flexibility index (Phi) is 6.94. The summed E-state index contributed by atoms with van der Waals surface area (Å²) in [5.41, 5.74) is 1.12. The molecule has 1 aliphatic heterocycles. The number of nitrogens with zero attached hydrogens (tertiary/aromatic N) is 4. The number of guanidine groups is 1. The molecule has 0 saturated carbocycles. The van der Waals surface area contributed by atoms with Gasteiger partial charge in [-0.15, -0.1) is 0 Å². The Labute approximate surface area is 167 Å². The van der Waals surface area contributed by atoms with Gasteiger partial charge in [-0.25, -0.2) is 4.98 Å². The van der Waals surface area contributed by atoms with Crippen LogP contribution in [0.15, 0.2) is 47.6 Å². The first-order valence-corrected chi connectivity index (χ1v) is 9.66. The van der Waals surface area contributed by atoms with E-state index < -0.39 is 0 Å². The minimum Gasteiger partial charge on any atom is -0.493 e. The van der Waals surface area contributed by atoms with Gasteiger partial charge >= 0.3 is 0 Å². The number of rotatable bonds is 6. The molecule has 0 amide bonds. The maximum atomic E-state index is 5.67. The van der Waals surface area contributed by atoms with Crippen molar-refractivity contribution in [2.75, 3.05) is 51.8 Å². The van der Waals surface area contributed by atoms with Crippen LogP contribution in [-0.2, 0) is 6.54 Å². The lowest BCUT2D eigenvalue weighted by atomic mass is 10.2. The number of pyridine rings is 1. The van der Waals surface area contributed by atoms with Crippen molar-refractivity contribution >= 4 is 11.8 Å². The zero-order chi connectivity index (χ0) is 19.8. The Morgan fingerprint density at radius 1 is 1.14 bits per heavy atom. The van der Waals surface area contributed by atoms with Crippen molar-refractivity contribution in [2.24, 2.45) is 4.99 Å². The van der Waals surface area contributed by atoms with E-state index in [2.05, 4.69) is 31.2 Å². The van der Waals surface area contributed by atoms with Crippen LogP contribution >= 0.6 is 0 Å². The lowest BCUT2D eigenvalue weighted by molar-refractivity contribution is 0.310. The molecular formula is C21H29N5O2. The lowest BCUT2D eigenvalue weighted by Gasteiger charge is -2.37. The number of aromatic nitrogens is 1. The number of methoxy groups -OCH3 is 1. The van der Waals surface area contributed by atoms with Gasteiger partial charge in [0, 0.05) is 46.0 Å². The topological polar surface area (TPSA) is 62.2 Å². The SMILES string of the molecule is CCOc1cc(CNC(=NC)N2CCN(c3ccccn3)CC2)ccc1OC. The summed E-state index contributed by atoms with van der Waals surface area (Å²) in [7, 11) is 3.48. The monoisotopic (exact) mass is 383 g/mol. The Hall–Kier alpha value is -2.96. The van der Waals surface area contributed by atoms with Crippen LogP contribution in [0.25, 0.3) is 0 Å². The average molecular weight is 383 g/mol. The number of aliphatic imine (C=N–C) groups is 1. The highest BCUT2D eigenvalue weighted by Gasteiger charge is 2.20. The largest absolute Gasteiger partial charge is 0.493 e. The third-order valence-corrected chi connectivity index (χ3v) is 4.74. The first kappa shape index (κ1) is 19.8. The van der Waals surface area contributed by atoms with Crippen LogP contribution in [0.5, 0.6) is 11.5 Å². The highest BCUT2D eigenvalue weighted by atomic mass is 16.5. The Bertz CT molecular complexity index is 774. The predicted octanol–water partition coefficient (Wildman–Crippen LogP) is 2.39. The third-order valence-electron chi connectivity index (χ3n) is 4.74. The second kappa shape index (κ2) is 9.82. The molecule has 150 valence electrons. The van der Waals surface area contributed by atoms with Crippen molar-refractivity contribution in [1.82, 2.24) is 15.2 Å². The summed E-state index contributed by atoms with van der Waals surface area (Å²) >= 11 is 0. The van der Waals surface area contributed by atoms with E-state index in [1.165, 1.54) is 0 Å². The fourth-order valence-electron chi connectivity index (χ4n) is 3.30. The molecule has 1 N–H and O–H groups in total. The molecule has 1 aromatic carbocycles. The third kappa shape index (κ3) is 4.85. The van der Waals surface area contributed by atoms with Gasteiger partial charge in [-0.05, 0) is 36.8 Å². The molecule has 0 atom stereocenters. The molecule has 3 rings (SSSR count). The van der Waals surface area contributed by atoms with Crippen LogP contribution in [0.4, 0.5) is 5.82 Å². The van der Waals surface area contributed by atoms with Crippen molar-refractivity contribution in [3.8, 4) is 11.5 Å². The summed E-state index contributed by atoms with van der Waals surface area (Å²) in [6.07, 6.45) is 1.84. The van der Waals surface area contributed by atoms with Crippen molar-refractivity contribution in [3.63, 3.8) is 0 Å². The normalized spacial score (nSPS) is 14.8. The van der Waals surface area contributed by atoms with Gasteiger partial charge in [0.2, 0.25) is 0 Å². The molecule has 2 heterocycles. The number of hydrogen-bond acceptors (Lipinski definition) is 5. The van der Waals surface area contributed by atoms with E-state index in [0.717, 1.165) is 55.0 Å². The molecule has 0 aliphatic carbocycles. The molecule has 0 unspecified atom stereocenters. The molecule has 1 aliphatic rings. The molecule has 0 spiro atoms. The average Bonchev–Trinajstić information content (AvgIpc) is 2.76. The van der Waals surface area contributed by atoms with E-state index in [1.807, 2.05) is 50.5 Å². The van der Waals surface area contributed by atoms with Gasteiger partial charge < -0.3 is 24.6 Å². The van der Waals surface area contributed by atoms with Crippen LogP contribution in [-0.4, -0.2) is 62.8 Å².